The summed E-state index contributed by atoms with van der Waals surface area (Å²) in [6.45, 7) is 10.2. The zero-order chi connectivity index (χ0) is 34.0. The van der Waals surface area contributed by atoms with E-state index in [4.69, 9.17) is 18.9 Å². The van der Waals surface area contributed by atoms with Gasteiger partial charge >= 0.3 is 295 Å². The molecule has 0 saturated carbocycles. The second-order valence-corrected chi connectivity index (χ2v) is 27.2. The third kappa shape index (κ3) is 11.7. The van der Waals surface area contributed by atoms with Crippen LogP contribution in [0.4, 0.5) is 0 Å². The second-order valence-electron chi connectivity index (χ2n) is 13.5. The first-order valence-electron chi connectivity index (χ1n) is 18.3. The van der Waals surface area contributed by atoms with E-state index in [-0.39, 0.29) is 22.2 Å². The van der Waals surface area contributed by atoms with Crippen LogP contribution in [-0.2, 0) is 43.6 Å². The predicted octanol–water partition coefficient (Wildman–Crippen LogP) is 9.03. The van der Waals surface area contributed by atoms with Crippen molar-refractivity contribution in [2.75, 3.05) is 6.61 Å². The Morgan fingerprint density at radius 3 is 1.54 bits per heavy atom. The van der Waals surface area contributed by atoms with Gasteiger partial charge in [0.2, 0.25) is 0 Å². The Morgan fingerprint density at radius 2 is 1.10 bits per heavy atom. The van der Waals surface area contributed by atoms with E-state index in [2.05, 4.69) is 62.5 Å². The number of benzene rings is 3. The summed E-state index contributed by atoms with van der Waals surface area (Å²) in [7, 11) is 0. The Kier molecular flexibility index (Phi) is 16.9. The molecule has 1 saturated heterocycles. The van der Waals surface area contributed by atoms with Crippen LogP contribution in [0.3, 0.4) is 0 Å². The first-order chi connectivity index (χ1) is 23.5. The molecule has 1 aliphatic heterocycles. The number of carbonyl (C=O) groups excluding carboxylic acids is 1. The van der Waals surface area contributed by atoms with E-state index in [0.29, 0.717) is 26.4 Å². The fraction of sp³-hybridized carbons (Fsp3) is 0.537. The zero-order valence-electron chi connectivity index (χ0n) is 29.8. The molecule has 3 aromatic rings. The Hall–Kier alpha value is -2.23. The van der Waals surface area contributed by atoms with E-state index in [1.54, 1.807) is 6.92 Å². The van der Waals surface area contributed by atoms with Gasteiger partial charge in [-0.1, -0.05) is 0 Å². The molecule has 1 aliphatic rings. The average Bonchev–Trinajstić information content (AvgIpc) is 3.11. The normalized spacial score (nSPS) is 21.2. The number of carbonyl (C=O) groups is 1. The molecule has 0 radical (unpaired) electrons. The summed E-state index contributed by atoms with van der Waals surface area (Å²) in [6.07, 6.45) is 5.92. The monoisotopic (exact) mass is 765 g/mol. The minimum absolute atomic E-state index is 0.0458. The van der Waals surface area contributed by atoms with E-state index in [1.165, 1.54) is 32.6 Å². The first-order valence-corrected chi connectivity index (χ1v) is 26.0. The molecule has 5 atom stereocenters. The summed E-state index contributed by atoms with van der Waals surface area (Å²) in [6, 6.07) is 30.6. The quantitative estimate of drug-likeness (QED) is 0.110. The molecule has 1 heterocycles. The molecule has 0 aliphatic carbocycles. The Morgan fingerprint density at radius 1 is 0.667 bits per heavy atom. The molecule has 48 heavy (non-hydrogen) atoms. The summed E-state index contributed by atoms with van der Waals surface area (Å²) < 4.78 is 31.4. The molecule has 6 nitrogen and oxygen atoms in total. The zero-order valence-corrected chi connectivity index (χ0v) is 32.6. The van der Waals surface area contributed by atoms with Gasteiger partial charge < -0.3 is 0 Å². The maximum absolute atomic E-state index is 13.1. The summed E-state index contributed by atoms with van der Waals surface area (Å²) in [5.74, 6) is -0.0517. The fourth-order valence-electron chi connectivity index (χ4n) is 7.18. The molecule has 5 unspecified atom stereocenters. The van der Waals surface area contributed by atoms with Gasteiger partial charge in [0.05, 0.1) is 0 Å². The SMILES string of the molecule is CCC[CH2][Sn]([CH2]CCC)([CH2]CCC)[CH]1OC(COCc2ccccc2)C(OCc2ccccc2)C(OCc2ccccc2)C1NC(C)=O. The summed E-state index contributed by atoms with van der Waals surface area (Å²) in [5.41, 5.74) is 3.31. The van der Waals surface area contributed by atoms with Crippen LogP contribution in [0.25, 0.3) is 0 Å². The topological polar surface area (TPSA) is 66.0 Å². The third-order valence-electron chi connectivity index (χ3n) is 9.71. The number of rotatable bonds is 21. The average molecular weight is 765 g/mol. The molecule has 1 amide bonds. The molecule has 1 fully saturated rings. The van der Waals surface area contributed by atoms with Crippen molar-refractivity contribution in [3.8, 4) is 0 Å². The van der Waals surface area contributed by atoms with Crippen LogP contribution in [0.15, 0.2) is 91.0 Å². The molecule has 0 spiro atoms. The van der Waals surface area contributed by atoms with Crippen molar-refractivity contribution in [1.29, 1.82) is 0 Å². The molecule has 3 aromatic carbocycles. The summed E-state index contributed by atoms with van der Waals surface area (Å²) >= 11 is -3.16. The first kappa shape index (κ1) is 38.6. The van der Waals surface area contributed by atoms with Gasteiger partial charge in [-0.25, -0.2) is 0 Å². The van der Waals surface area contributed by atoms with Crippen molar-refractivity contribution in [1.82, 2.24) is 5.32 Å². The van der Waals surface area contributed by atoms with E-state index < -0.39 is 30.6 Å². The van der Waals surface area contributed by atoms with E-state index in [1.807, 2.05) is 54.6 Å². The van der Waals surface area contributed by atoms with Gasteiger partial charge in [0.25, 0.3) is 0 Å². The van der Waals surface area contributed by atoms with E-state index in [9.17, 15) is 4.79 Å². The van der Waals surface area contributed by atoms with Gasteiger partial charge in [0.15, 0.2) is 0 Å². The number of nitrogens with one attached hydrogen (secondary N) is 1. The van der Waals surface area contributed by atoms with Crippen molar-refractivity contribution in [2.45, 2.75) is 128 Å². The van der Waals surface area contributed by atoms with Crippen molar-refractivity contribution in [3.63, 3.8) is 0 Å². The number of amides is 1. The third-order valence-corrected chi connectivity index (χ3v) is 26.1. The van der Waals surface area contributed by atoms with Gasteiger partial charge in [0.1, 0.15) is 0 Å². The standard InChI is InChI=1S/C29H32NO5.3C4H9.Sn/c1-22(31)30-26-20-33-27(21-32-17-23-11-5-2-6-12-23)29(35-19-25-15-9-4-10-16-25)28(26)34-18-24-13-7-3-8-14-24;3*1-3-4-2;/h2-16,20,26-29H,17-19,21H2,1H3,(H,30,31);3*1,3-4H2,2H3;. The van der Waals surface area contributed by atoms with Crippen molar-refractivity contribution in [3.05, 3.63) is 108 Å². The maximum atomic E-state index is 13.1. The number of ether oxygens (including phenoxy) is 4. The van der Waals surface area contributed by atoms with Crippen LogP contribution in [0.2, 0.25) is 13.3 Å². The van der Waals surface area contributed by atoms with Crippen molar-refractivity contribution >= 4 is 24.3 Å². The molecular weight excluding hydrogens is 705 g/mol. The molecular formula is C41H59NO5Sn. The van der Waals surface area contributed by atoms with Gasteiger partial charge in [0, 0.05) is 0 Å². The molecule has 0 bridgehead atoms. The molecule has 0 aromatic heterocycles. The Bertz CT molecular complexity index is 1270. The van der Waals surface area contributed by atoms with Gasteiger partial charge in [-0.05, 0) is 0 Å². The van der Waals surface area contributed by atoms with Crippen LogP contribution in [-0.4, -0.2) is 59.4 Å². The van der Waals surface area contributed by atoms with Gasteiger partial charge in [-0.3, -0.25) is 0 Å². The number of hydrogen-bond acceptors (Lipinski definition) is 5. The van der Waals surface area contributed by atoms with Crippen molar-refractivity contribution in [2.24, 2.45) is 0 Å². The molecule has 4 rings (SSSR count). The molecule has 7 heteroatoms. The van der Waals surface area contributed by atoms with Crippen LogP contribution in [0, 0.1) is 0 Å². The number of hydrogen-bond donors (Lipinski definition) is 1. The van der Waals surface area contributed by atoms with Gasteiger partial charge in [-0.2, -0.15) is 0 Å². The second kappa shape index (κ2) is 21.1. The van der Waals surface area contributed by atoms with Crippen LogP contribution < -0.4 is 5.32 Å². The minimum atomic E-state index is -3.16. The van der Waals surface area contributed by atoms with Crippen LogP contribution >= 0.6 is 0 Å². The van der Waals surface area contributed by atoms with E-state index in [0.717, 1.165) is 36.0 Å². The van der Waals surface area contributed by atoms with Crippen LogP contribution in [0.5, 0.6) is 0 Å². The number of unbranched alkanes of at least 4 members (excludes halogenated alkanes) is 3. The Balaban J connectivity index is 1.77. The molecule has 1 N–H and O–H groups in total. The summed E-state index contributed by atoms with van der Waals surface area (Å²) in [5, 5.41) is 3.43. The fourth-order valence-corrected chi connectivity index (χ4v) is 25.1. The van der Waals surface area contributed by atoms with Crippen molar-refractivity contribution < 1.29 is 23.7 Å². The Labute approximate surface area is 294 Å². The van der Waals surface area contributed by atoms with Gasteiger partial charge in [-0.15, -0.1) is 0 Å². The van der Waals surface area contributed by atoms with Crippen LogP contribution in [0.1, 0.15) is 82.9 Å². The molecule has 262 valence electrons. The van der Waals surface area contributed by atoms with E-state index >= 15 is 0 Å². The predicted molar refractivity (Wildman–Crippen MR) is 197 cm³/mol. The summed E-state index contributed by atoms with van der Waals surface area (Å²) in [4.78, 5) is 13.1.